The zero-order valence-electron chi connectivity index (χ0n) is 13.0. The molecule has 0 radical (unpaired) electrons. The molecule has 4 saturated carbocycles. The highest BCUT2D eigenvalue weighted by molar-refractivity contribution is 5.17. The van der Waals surface area contributed by atoms with Gasteiger partial charge in [0.15, 0.2) is 5.82 Å². The van der Waals surface area contributed by atoms with E-state index >= 15 is 0 Å². The van der Waals surface area contributed by atoms with Crippen LogP contribution >= 0.6 is 0 Å². The van der Waals surface area contributed by atoms with E-state index in [9.17, 15) is 0 Å². The fourth-order valence-corrected chi connectivity index (χ4v) is 5.64. The second-order valence-electron chi connectivity index (χ2n) is 7.90. The lowest BCUT2D eigenvalue weighted by Gasteiger charge is -2.55. The van der Waals surface area contributed by atoms with E-state index in [1.165, 1.54) is 51.4 Å². The number of aromatic nitrogens is 3. The molecule has 1 aromatic heterocycles. The molecule has 5 rings (SSSR count). The lowest BCUT2D eigenvalue weighted by atomic mass is 9.49. The van der Waals surface area contributed by atoms with Gasteiger partial charge in [0.05, 0.1) is 0 Å². The van der Waals surface area contributed by atoms with Crippen molar-refractivity contribution in [1.29, 1.82) is 0 Å². The predicted molar refractivity (Wildman–Crippen MR) is 82.8 cm³/mol. The molecular weight excluding hydrogens is 260 g/mol. The fourth-order valence-electron chi connectivity index (χ4n) is 5.64. The van der Waals surface area contributed by atoms with Gasteiger partial charge in [-0.05, 0) is 75.7 Å². The van der Waals surface area contributed by atoms with Crippen molar-refractivity contribution in [2.75, 3.05) is 6.54 Å². The van der Waals surface area contributed by atoms with Crippen molar-refractivity contribution in [2.45, 2.75) is 69.6 Å². The van der Waals surface area contributed by atoms with Gasteiger partial charge in [-0.2, -0.15) is 5.10 Å². The Morgan fingerprint density at radius 1 is 1.00 bits per heavy atom. The first-order valence-electron chi connectivity index (χ1n) is 8.89. The highest BCUT2D eigenvalue weighted by Crippen LogP contribution is 2.60. The van der Waals surface area contributed by atoms with Crippen molar-refractivity contribution in [1.82, 2.24) is 15.2 Å². The maximum atomic E-state index is 5.55. The summed E-state index contributed by atoms with van der Waals surface area (Å²) in [5, 5.41) is 7.86. The van der Waals surface area contributed by atoms with Gasteiger partial charge in [-0.3, -0.25) is 5.10 Å². The van der Waals surface area contributed by atoms with Crippen molar-refractivity contribution < 1.29 is 0 Å². The molecule has 0 amide bonds. The largest absolute Gasteiger partial charge is 0.330 e. The Morgan fingerprint density at radius 3 is 2.29 bits per heavy atom. The Morgan fingerprint density at radius 2 is 1.67 bits per heavy atom. The van der Waals surface area contributed by atoms with Gasteiger partial charge in [0.2, 0.25) is 0 Å². The first kappa shape index (κ1) is 13.7. The first-order valence-corrected chi connectivity index (χ1v) is 8.89. The van der Waals surface area contributed by atoms with Crippen LogP contribution in [-0.2, 0) is 11.8 Å². The number of nitrogens with one attached hydrogen (secondary N) is 1. The van der Waals surface area contributed by atoms with Gasteiger partial charge in [0.25, 0.3) is 0 Å². The van der Waals surface area contributed by atoms with Crippen LogP contribution in [0.15, 0.2) is 0 Å². The molecule has 3 N–H and O–H groups in total. The molecular formula is C17H28N4. The molecule has 0 unspecified atom stereocenters. The van der Waals surface area contributed by atoms with Gasteiger partial charge in [-0.15, -0.1) is 0 Å². The number of aryl methyl sites for hydroxylation is 1. The number of H-pyrrole nitrogens is 1. The Balaban J connectivity index is 1.45. The van der Waals surface area contributed by atoms with Crippen LogP contribution in [-0.4, -0.2) is 21.7 Å². The minimum Gasteiger partial charge on any atom is -0.330 e. The topological polar surface area (TPSA) is 67.6 Å². The number of hydrogen-bond acceptors (Lipinski definition) is 3. The molecule has 21 heavy (non-hydrogen) atoms. The van der Waals surface area contributed by atoms with Crippen molar-refractivity contribution in [2.24, 2.45) is 23.5 Å². The van der Waals surface area contributed by atoms with Gasteiger partial charge in [0.1, 0.15) is 5.82 Å². The third-order valence-electron chi connectivity index (χ3n) is 6.16. The molecule has 4 aliphatic rings. The van der Waals surface area contributed by atoms with Crippen molar-refractivity contribution in [3.8, 4) is 0 Å². The number of aromatic amines is 1. The molecule has 4 fully saturated rings. The Hall–Kier alpha value is -0.900. The Bertz CT molecular complexity index is 457. The molecule has 1 aromatic rings. The SMILES string of the molecule is NCCCCCc1nc(C23CC4CC(CC(C4)C2)C3)n[nH]1. The smallest absolute Gasteiger partial charge is 0.156 e. The summed E-state index contributed by atoms with van der Waals surface area (Å²) in [4.78, 5) is 4.90. The molecule has 4 heteroatoms. The molecule has 4 nitrogen and oxygen atoms in total. The summed E-state index contributed by atoms with van der Waals surface area (Å²) in [6, 6.07) is 0. The Kier molecular flexibility index (Phi) is 3.52. The molecule has 4 bridgehead atoms. The monoisotopic (exact) mass is 288 g/mol. The van der Waals surface area contributed by atoms with Gasteiger partial charge < -0.3 is 5.73 Å². The van der Waals surface area contributed by atoms with E-state index in [1.54, 1.807) is 0 Å². The van der Waals surface area contributed by atoms with Crippen LogP contribution in [0.25, 0.3) is 0 Å². The summed E-state index contributed by atoms with van der Waals surface area (Å²) < 4.78 is 0. The van der Waals surface area contributed by atoms with E-state index in [-0.39, 0.29) is 0 Å². The minimum atomic E-state index is 0.334. The van der Waals surface area contributed by atoms with Crippen molar-refractivity contribution >= 4 is 0 Å². The van der Waals surface area contributed by atoms with Crippen LogP contribution in [0.3, 0.4) is 0 Å². The molecule has 116 valence electrons. The van der Waals surface area contributed by atoms with E-state index < -0.39 is 0 Å². The van der Waals surface area contributed by atoms with Gasteiger partial charge in [-0.1, -0.05) is 6.42 Å². The quantitative estimate of drug-likeness (QED) is 0.791. The number of unbranched alkanes of at least 4 members (excludes halogenated alkanes) is 2. The predicted octanol–water partition coefficient (Wildman–Crippen LogP) is 2.94. The summed E-state index contributed by atoms with van der Waals surface area (Å²) in [5.41, 5.74) is 5.88. The summed E-state index contributed by atoms with van der Waals surface area (Å²) >= 11 is 0. The van der Waals surface area contributed by atoms with E-state index in [0.717, 1.165) is 48.8 Å². The maximum absolute atomic E-state index is 5.55. The maximum Gasteiger partial charge on any atom is 0.156 e. The van der Waals surface area contributed by atoms with E-state index in [4.69, 9.17) is 10.7 Å². The van der Waals surface area contributed by atoms with Crippen LogP contribution in [0.4, 0.5) is 0 Å². The zero-order chi connectivity index (χ0) is 14.3. The summed E-state index contributed by atoms with van der Waals surface area (Å²) in [6.45, 7) is 0.801. The third kappa shape index (κ3) is 2.52. The summed E-state index contributed by atoms with van der Waals surface area (Å²) in [7, 11) is 0. The molecule has 4 aliphatic carbocycles. The first-order chi connectivity index (χ1) is 10.3. The van der Waals surface area contributed by atoms with Crippen LogP contribution in [0.1, 0.15) is 69.4 Å². The number of hydrogen-bond donors (Lipinski definition) is 2. The molecule has 0 atom stereocenters. The van der Waals surface area contributed by atoms with Gasteiger partial charge >= 0.3 is 0 Å². The summed E-state index contributed by atoms with van der Waals surface area (Å²) in [6.07, 6.45) is 13.0. The fraction of sp³-hybridized carbons (Fsp3) is 0.882. The van der Waals surface area contributed by atoms with Gasteiger partial charge in [0, 0.05) is 11.8 Å². The second kappa shape index (κ2) is 5.38. The van der Waals surface area contributed by atoms with Crippen LogP contribution in [0.2, 0.25) is 0 Å². The zero-order valence-corrected chi connectivity index (χ0v) is 13.0. The Labute approximate surface area is 127 Å². The second-order valence-corrected chi connectivity index (χ2v) is 7.90. The molecule has 1 heterocycles. The number of nitrogens with two attached hydrogens (primary N) is 1. The average molecular weight is 288 g/mol. The van der Waals surface area contributed by atoms with E-state index in [1.807, 2.05) is 0 Å². The number of rotatable bonds is 6. The third-order valence-corrected chi connectivity index (χ3v) is 6.16. The highest BCUT2D eigenvalue weighted by atomic mass is 15.2. The normalized spacial score (nSPS) is 37.3. The standard InChI is InChI=1S/C17H28N4/c18-5-3-1-2-4-15-19-16(21-20-15)17-9-12-6-13(10-17)8-14(7-12)11-17/h12-14H,1-11,18H2,(H,19,20,21). The molecule has 0 aliphatic heterocycles. The minimum absolute atomic E-state index is 0.334. The lowest BCUT2D eigenvalue weighted by molar-refractivity contribution is -0.00925. The number of nitrogens with zero attached hydrogens (tertiary/aromatic N) is 2. The van der Waals surface area contributed by atoms with E-state index in [0.29, 0.717) is 5.41 Å². The van der Waals surface area contributed by atoms with Crippen molar-refractivity contribution in [3.63, 3.8) is 0 Å². The molecule has 0 saturated heterocycles. The lowest BCUT2D eigenvalue weighted by Crippen LogP contribution is -2.49. The van der Waals surface area contributed by atoms with Gasteiger partial charge in [-0.25, -0.2) is 4.98 Å². The average Bonchev–Trinajstić information content (AvgIpc) is 2.92. The highest BCUT2D eigenvalue weighted by Gasteiger charge is 2.53. The van der Waals surface area contributed by atoms with Crippen LogP contribution in [0.5, 0.6) is 0 Å². The molecule has 0 spiro atoms. The van der Waals surface area contributed by atoms with Crippen LogP contribution < -0.4 is 5.73 Å². The van der Waals surface area contributed by atoms with E-state index in [2.05, 4.69) is 10.2 Å². The summed E-state index contributed by atoms with van der Waals surface area (Å²) in [5.74, 6) is 5.13. The van der Waals surface area contributed by atoms with Crippen molar-refractivity contribution in [3.05, 3.63) is 11.6 Å². The van der Waals surface area contributed by atoms with Crippen LogP contribution in [0, 0.1) is 17.8 Å². The molecule has 0 aromatic carbocycles.